The third-order valence-electron chi connectivity index (χ3n) is 2.12. The molecule has 0 N–H and O–H groups in total. The molecule has 1 rings (SSSR count). The second kappa shape index (κ2) is 4.91. The van der Waals surface area contributed by atoms with Crippen LogP contribution in [0.5, 0.6) is 5.75 Å². The van der Waals surface area contributed by atoms with Crippen LogP contribution in [-0.2, 0) is 10.0 Å². The van der Waals surface area contributed by atoms with Crippen LogP contribution in [0, 0.1) is 5.82 Å². The molecule has 0 aromatic heterocycles. The molecule has 4 nitrogen and oxygen atoms in total. The van der Waals surface area contributed by atoms with E-state index < -0.39 is 15.8 Å². The second-order valence-corrected chi connectivity index (χ2v) is 6.02. The van der Waals surface area contributed by atoms with Gasteiger partial charge in [0.05, 0.1) is 18.0 Å². The van der Waals surface area contributed by atoms with Gasteiger partial charge in [-0.2, -0.15) is 0 Å². The predicted molar refractivity (Wildman–Crippen MR) is 65.4 cm³/mol. The van der Waals surface area contributed by atoms with Crippen molar-refractivity contribution in [3.8, 4) is 5.75 Å². The Morgan fingerprint density at radius 2 is 1.94 bits per heavy atom. The summed E-state index contributed by atoms with van der Waals surface area (Å²) in [5.41, 5.74) is 0.196. The molecule has 1 aromatic rings. The number of ether oxygens (including phenoxy) is 1. The summed E-state index contributed by atoms with van der Waals surface area (Å²) in [6.45, 7) is 3.63. The van der Waals surface area contributed by atoms with Crippen molar-refractivity contribution in [1.29, 1.82) is 0 Å². The maximum absolute atomic E-state index is 13.2. The van der Waals surface area contributed by atoms with E-state index in [9.17, 15) is 12.8 Å². The van der Waals surface area contributed by atoms with Crippen molar-refractivity contribution in [3.63, 3.8) is 0 Å². The molecule has 0 atom stereocenters. The molecule has 6 heteroatoms. The number of nitrogens with zero attached hydrogens (tertiary/aromatic N) is 1. The van der Waals surface area contributed by atoms with Crippen LogP contribution < -0.4 is 9.04 Å². The van der Waals surface area contributed by atoms with Crippen molar-refractivity contribution >= 4 is 15.7 Å². The number of sulfonamides is 1. The lowest BCUT2D eigenvalue weighted by Gasteiger charge is -2.21. The van der Waals surface area contributed by atoms with Crippen LogP contribution >= 0.6 is 0 Å². The molecule has 0 bridgehead atoms. The van der Waals surface area contributed by atoms with Crippen LogP contribution in [0.2, 0.25) is 0 Å². The average Bonchev–Trinajstić information content (AvgIpc) is 2.17. The first-order valence-electron chi connectivity index (χ1n) is 5.12. The highest BCUT2D eigenvalue weighted by molar-refractivity contribution is 7.92. The highest BCUT2D eigenvalue weighted by Gasteiger charge is 2.18. The summed E-state index contributed by atoms with van der Waals surface area (Å²) in [6.07, 6.45) is 0.934. The van der Waals surface area contributed by atoms with Gasteiger partial charge in [-0.25, -0.2) is 12.8 Å². The van der Waals surface area contributed by atoms with E-state index in [0.717, 1.165) is 16.6 Å². The molecule has 96 valence electrons. The van der Waals surface area contributed by atoms with E-state index >= 15 is 0 Å². The van der Waals surface area contributed by atoms with Gasteiger partial charge < -0.3 is 4.74 Å². The first-order chi connectivity index (χ1) is 7.71. The van der Waals surface area contributed by atoms with E-state index in [2.05, 4.69) is 0 Å². The minimum absolute atomic E-state index is 0.118. The normalized spacial score (nSPS) is 11.6. The quantitative estimate of drug-likeness (QED) is 0.833. The van der Waals surface area contributed by atoms with Crippen molar-refractivity contribution in [1.82, 2.24) is 0 Å². The van der Waals surface area contributed by atoms with E-state index in [1.165, 1.54) is 19.2 Å². The largest absolute Gasteiger partial charge is 0.489 e. The van der Waals surface area contributed by atoms with Crippen molar-refractivity contribution in [2.24, 2.45) is 0 Å². The van der Waals surface area contributed by atoms with Gasteiger partial charge in [0.15, 0.2) is 0 Å². The Kier molecular flexibility index (Phi) is 3.98. The number of benzene rings is 1. The van der Waals surface area contributed by atoms with Crippen LogP contribution in [0.25, 0.3) is 0 Å². The van der Waals surface area contributed by atoms with Crippen LogP contribution in [0.15, 0.2) is 18.2 Å². The summed E-state index contributed by atoms with van der Waals surface area (Å²) in [5.74, 6) is -0.166. The van der Waals surface area contributed by atoms with Crippen LogP contribution in [0.1, 0.15) is 13.8 Å². The summed E-state index contributed by atoms with van der Waals surface area (Å²) >= 11 is 0. The molecule has 0 aliphatic carbocycles. The fourth-order valence-electron chi connectivity index (χ4n) is 1.27. The van der Waals surface area contributed by atoms with Crippen LogP contribution in [-0.4, -0.2) is 27.8 Å². The Bertz CT molecular complexity index is 499. The first kappa shape index (κ1) is 13.8. The number of hydrogen-bond acceptors (Lipinski definition) is 3. The highest BCUT2D eigenvalue weighted by Crippen LogP contribution is 2.30. The number of rotatable bonds is 4. The summed E-state index contributed by atoms with van der Waals surface area (Å²) in [5, 5.41) is 0. The standard InChI is InChI=1S/C11H16FNO3S/c1-8(2)16-11-6-5-9(12)7-10(11)13(3)17(4,14)15/h5-8H,1-4H3. The fraction of sp³-hybridized carbons (Fsp3) is 0.455. The number of anilines is 1. The lowest BCUT2D eigenvalue weighted by atomic mass is 10.3. The maximum atomic E-state index is 13.2. The smallest absolute Gasteiger partial charge is 0.232 e. The van der Waals surface area contributed by atoms with Gasteiger partial charge in [-0.05, 0) is 26.0 Å². The summed E-state index contributed by atoms with van der Waals surface area (Å²) in [6, 6.07) is 3.79. The molecule has 0 spiro atoms. The Morgan fingerprint density at radius 3 is 2.41 bits per heavy atom. The molecular formula is C11H16FNO3S. The molecule has 0 heterocycles. The predicted octanol–water partition coefficient (Wildman–Crippen LogP) is 2.01. The zero-order valence-corrected chi connectivity index (χ0v) is 11.1. The second-order valence-electron chi connectivity index (χ2n) is 4.01. The minimum Gasteiger partial charge on any atom is -0.489 e. The first-order valence-corrected chi connectivity index (χ1v) is 6.96. The molecule has 0 radical (unpaired) electrons. The van der Waals surface area contributed by atoms with Gasteiger partial charge in [-0.1, -0.05) is 0 Å². The van der Waals surface area contributed by atoms with Gasteiger partial charge in [-0.3, -0.25) is 4.31 Å². The third kappa shape index (κ3) is 3.59. The molecular weight excluding hydrogens is 245 g/mol. The number of hydrogen-bond donors (Lipinski definition) is 0. The Balaban J connectivity index is 3.24. The Labute approximate surface area is 101 Å². The molecule has 0 saturated heterocycles. The van der Waals surface area contributed by atoms with Crippen LogP contribution in [0.4, 0.5) is 10.1 Å². The summed E-state index contributed by atoms with van der Waals surface area (Å²) in [7, 11) is -2.09. The van der Waals surface area contributed by atoms with Gasteiger partial charge in [0.2, 0.25) is 10.0 Å². The topological polar surface area (TPSA) is 46.6 Å². The molecule has 17 heavy (non-hydrogen) atoms. The highest BCUT2D eigenvalue weighted by atomic mass is 32.2. The minimum atomic E-state index is -3.44. The number of halogens is 1. The monoisotopic (exact) mass is 261 g/mol. The third-order valence-corrected chi connectivity index (χ3v) is 3.31. The van der Waals surface area contributed by atoms with E-state index in [1.807, 2.05) is 13.8 Å². The van der Waals surface area contributed by atoms with Gasteiger partial charge in [-0.15, -0.1) is 0 Å². The van der Waals surface area contributed by atoms with Crippen molar-refractivity contribution < 1.29 is 17.5 Å². The summed E-state index contributed by atoms with van der Waals surface area (Å²) < 4.78 is 42.5. The van der Waals surface area contributed by atoms with E-state index in [-0.39, 0.29) is 11.8 Å². The van der Waals surface area contributed by atoms with Crippen molar-refractivity contribution in [2.45, 2.75) is 20.0 Å². The van der Waals surface area contributed by atoms with Gasteiger partial charge in [0.25, 0.3) is 0 Å². The fourth-order valence-corrected chi connectivity index (χ4v) is 1.77. The average molecular weight is 261 g/mol. The van der Waals surface area contributed by atoms with E-state index in [0.29, 0.717) is 5.75 Å². The molecule has 0 aliphatic rings. The molecule has 0 aliphatic heterocycles. The lowest BCUT2D eigenvalue weighted by Crippen LogP contribution is -2.26. The molecule has 0 fully saturated rings. The van der Waals surface area contributed by atoms with Gasteiger partial charge in [0, 0.05) is 13.1 Å². The van der Waals surface area contributed by atoms with Crippen molar-refractivity contribution in [2.75, 3.05) is 17.6 Å². The zero-order valence-electron chi connectivity index (χ0n) is 10.3. The SMILES string of the molecule is CC(C)Oc1ccc(F)cc1N(C)S(C)(=O)=O. The molecule has 1 aromatic carbocycles. The lowest BCUT2D eigenvalue weighted by molar-refractivity contribution is 0.243. The molecule has 0 unspecified atom stereocenters. The van der Waals surface area contributed by atoms with Gasteiger partial charge in [0.1, 0.15) is 11.6 Å². The van der Waals surface area contributed by atoms with Gasteiger partial charge >= 0.3 is 0 Å². The van der Waals surface area contributed by atoms with E-state index in [4.69, 9.17) is 4.74 Å². The zero-order chi connectivity index (χ0) is 13.2. The van der Waals surface area contributed by atoms with Crippen molar-refractivity contribution in [3.05, 3.63) is 24.0 Å². The van der Waals surface area contributed by atoms with E-state index in [1.54, 1.807) is 0 Å². The molecule has 0 amide bonds. The molecule has 0 saturated carbocycles. The van der Waals surface area contributed by atoms with Crippen LogP contribution in [0.3, 0.4) is 0 Å². The maximum Gasteiger partial charge on any atom is 0.232 e. The Morgan fingerprint density at radius 1 is 1.35 bits per heavy atom. The summed E-state index contributed by atoms with van der Waals surface area (Å²) in [4.78, 5) is 0. The Hall–Kier alpha value is -1.30.